The van der Waals surface area contributed by atoms with E-state index in [1.807, 2.05) is 0 Å². The summed E-state index contributed by atoms with van der Waals surface area (Å²) in [6.07, 6.45) is 0.174. The summed E-state index contributed by atoms with van der Waals surface area (Å²) < 4.78 is 0.553. The second-order valence-electron chi connectivity index (χ2n) is 4.44. The smallest absolute Gasteiger partial charge is 0.277 e. The summed E-state index contributed by atoms with van der Waals surface area (Å²) in [6, 6.07) is -0.684. The standard InChI is InChI=1S/C11H15BrN2O3.Na/c1-6(2)11(5-7(3)12)8(15)13-10(17)14(4)9(11)16;/h6H,3,5H2,1-2,4H3,(H,13,15,17);/q;+1. The zero-order chi connectivity index (χ0) is 13.4. The van der Waals surface area contributed by atoms with Crippen molar-refractivity contribution in [2.45, 2.75) is 20.3 Å². The number of hydrogen-bond acceptors (Lipinski definition) is 3. The number of halogens is 1. The normalized spacial score (nSPS) is 23.8. The minimum absolute atomic E-state index is 0. The van der Waals surface area contributed by atoms with E-state index in [9.17, 15) is 14.4 Å². The van der Waals surface area contributed by atoms with Crippen molar-refractivity contribution in [1.29, 1.82) is 0 Å². The molecule has 0 aromatic heterocycles. The number of allylic oxidation sites excluding steroid dienone is 1. The molecule has 1 N–H and O–H groups in total. The minimum Gasteiger partial charge on any atom is -0.277 e. The van der Waals surface area contributed by atoms with Crippen LogP contribution >= 0.6 is 15.9 Å². The van der Waals surface area contributed by atoms with Crippen LogP contribution in [-0.2, 0) is 9.59 Å². The van der Waals surface area contributed by atoms with E-state index in [2.05, 4.69) is 27.8 Å². The van der Waals surface area contributed by atoms with Crippen LogP contribution in [0.15, 0.2) is 11.1 Å². The fourth-order valence-electron chi connectivity index (χ4n) is 1.95. The van der Waals surface area contributed by atoms with Crippen molar-refractivity contribution in [1.82, 2.24) is 10.2 Å². The fraction of sp³-hybridized carbons (Fsp3) is 0.545. The summed E-state index contributed by atoms with van der Waals surface area (Å²) in [5.74, 6) is -1.28. The molecule has 1 saturated heterocycles. The molecule has 18 heavy (non-hydrogen) atoms. The number of urea groups is 1. The maximum absolute atomic E-state index is 12.2. The van der Waals surface area contributed by atoms with Crippen molar-refractivity contribution in [3.8, 4) is 0 Å². The Kier molecular flexibility index (Phi) is 6.26. The van der Waals surface area contributed by atoms with Gasteiger partial charge in [0.1, 0.15) is 5.41 Å². The van der Waals surface area contributed by atoms with Gasteiger partial charge in [0, 0.05) is 13.5 Å². The average Bonchev–Trinajstić information content (AvgIpc) is 2.20. The predicted molar refractivity (Wildman–Crippen MR) is 66.3 cm³/mol. The van der Waals surface area contributed by atoms with Crippen molar-refractivity contribution in [3.05, 3.63) is 11.1 Å². The Morgan fingerprint density at radius 2 is 1.94 bits per heavy atom. The molecule has 0 saturated carbocycles. The van der Waals surface area contributed by atoms with Gasteiger partial charge in [-0.1, -0.05) is 36.4 Å². The largest absolute Gasteiger partial charge is 1.00 e. The number of carbonyl (C=O) groups excluding carboxylic acids is 3. The van der Waals surface area contributed by atoms with Gasteiger partial charge in [-0.25, -0.2) is 4.79 Å². The van der Waals surface area contributed by atoms with Crippen LogP contribution in [0.4, 0.5) is 4.79 Å². The van der Waals surface area contributed by atoms with Gasteiger partial charge in [-0.2, -0.15) is 0 Å². The number of nitrogens with one attached hydrogen (secondary N) is 1. The van der Waals surface area contributed by atoms with E-state index in [0.29, 0.717) is 4.48 Å². The van der Waals surface area contributed by atoms with Crippen molar-refractivity contribution >= 4 is 33.8 Å². The van der Waals surface area contributed by atoms with Gasteiger partial charge in [-0.05, 0) is 10.4 Å². The van der Waals surface area contributed by atoms with Crippen LogP contribution in [-0.4, -0.2) is 29.8 Å². The number of hydrogen-bond donors (Lipinski definition) is 1. The van der Waals surface area contributed by atoms with Gasteiger partial charge >= 0.3 is 35.6 Å². The van der Waals surface area contributed by atoms with Crippen LogP contribution in [0.1, 0.15) is 20.3 Å². The molecule has 0 aromatic carbocycles. The van der Waals surface area contributed by atoms with Crippen molar-refractivity contribution in [3.63, 3.8) is 0 Å². The number of carbonyl (C=O) groups is 3. The zero-order valence-electron chi connectivity index (χ0n) is 11.0. The number of imide groups is 2. The van der Waals surface area contributed by atoms with Gasteiger partial charge < -0.3 is 0 Å². The van der Waals surface area contributed by atoms with Gasteiger partial charge in [-0.15, -0.1) is 0 Å². The summed E-state index contributed by atoms with van der Waals surface area (Å²) in [4.78, 5) is 36.5. The summed E-state index contributed by atoms with van der Waals surface area (Å²) in [6.45, 7) is 7.22. The number of rotatable bonds is 3. The second kappa shape index (κ2) is 6.32. The molecule has 1 aliphatic rings. The molecule has 1 rings (SSSR count). The zero-order valence-corrected chi connectivity index (χ0v) is 14.6. The monoisotopic (exact) mass is 325 g/mol. The van der Waals surface area contributed by atoms with E-state index in [1.165, 1.54) is 7.05 Å². The molecule has 0 bridgehead atoms. The topological polar surface area (TPSA) is 66.5 Å². The molecule has 5 nitrogen and oxygen atoms in total. The van der Waals surface area contributed by atoms with E-state index in [1.54, 1.807) is 13.8 Å². The Hall–Kier alpha value is -0.170. The minimum atomic E-state index is -1.26. The molecule has 1 atom stereocenters. The Balaban J connectivity index is 0.00000289. The Bertz CT molecular complexity index is 411. The molecule has 0 aromatic rings. The van der Waals surface area contributed by atoms with Crippen molar-refractivity contribution < 1.29 is 43.9 Å². The molecule has 1 unspecified atom stereocenters. The third-order valence-electron chi connectivity index (χ3n) is 3.07. The molecular weight excluding hydrogens is 311 g/mol. The molecule has 1 aliphatic heterocycles. The maximum atomic E-state index is 12.2. The molecule has 1 fully saturated rings. The summed E-state index contributed by atoms with van der Waals surface area (Å²) in [5.41, 5.74) is -1.26. The number of nitrogens with zero attached hydrogens (tertiary/aromatic N) is 1. The first-order valence-corrected chi connectivity index (χ1v) is 5.99. The molecule has 0 spiro atoms. The van der Waals surface area contributed by atoms with Gasteiger partial charge in [0.05, 0.1) is 0 Å². The van der Waals surface area contributed by atoms with Crippen LogP contribution < -0.4 is 34.9 Å². The van der Waals surface area contributed by atoms with E-state index in [-0.39, 0.29) is 41.9 Å². The Morgan fingerprint density at radius 3 is 2.33 bits per heavy atom. The molecular formula is C11H15BrN2NaO3+. The molecule has 0 radical (unpaired) electrons. The summed E-state index contributed by atoms with van der Waals surface area (Å²) in [5, 5.41) is 2.20. The molecule has 4 amide bonds. The van der Waals surface area contributed by atoms with Gasteiger partial charge in [0.2, 0.25) is 11.8 Å². The van der Waals surface area contributed by atoms with Crippen LogP contribution in [0.2, 0.25) is 0 Å². The molecule has 0 aliphatic carbocycles. The van der Waals surface area contributed by atoms with E-state index < -0.39 is 23.3 Å². The number of barbiturate groups is 1. The number of amides is 4. The van der Waals surface area contributed by atoms with Crippen LogP contribution in [0, 0.1) is 11.3 Å². The third kappa shape index (κ3) is 2.87. The summed E-state index contributed by atoms with van der Waals surface area (Å²) in [7, 11) is 1.36. The first-order valence-electron chi connectivity index (χ1n) is 5.20. The van der Waals surface area contributed by atoms with Gasteiger partial charge in [-0.3, -0.25) is 19.8 Å². The fourth-order valence-corrected chi connectivity index (χ4v) is 2.40. The Labute approximate surface area is 137 Å². The predicted octanol–water partition coefficient (Wildman–Crippen LogP) is -1.36. The maximum Gasteiger partial charge on any atom is 1.00 e. The SMILES string of the molecule is C=C(Br)CC1(C(C)C)C(=O)NC(=O)N(C)C1=O.[Na+]. The van der Waals surface area contributed by atoms with Crippen molar-refractivity contribution in [2.75, 3.05) is 7.05 Å². The molecule has 94 valence electrons. The third-order valence-corrected chi connectivity index (χ3v) is 3.35. The summed E-state index contributed by atoms with van der Waals surface area (Å²) >= 11 is 3.17. The van der Waals surface area contributed by atoms with E-state index in [4.69, 9.17) is 0 Å². The van der Waals surface area contributed by atoms with Crippen molar-refractivity contribution in [2.24, 2.45) is 11.3 Å². The van der Waals surface area contributed by atoms with Gasteiger partial charge in [0.15, 0.2) is 0 Å². The average molecular weight is 326 g/mol. The van der Waals surface area contributed by atoms with E-state index in [0.717, 1.165) is 4.90 Å². The first kappa shape index (κ1) is 17.8. The quantitative estimate of drug-likeness (QED) is 0.515. The first-order chi connectivity index (χ1) is 7.73. The second-order valence-corrected chi connectivity index (χ2v) is 5.57. The molecule has 7 heteroatoms. The van der Waals surface area contributed by atoms with Crippen LogP contribution in [0.3, 0.4) is 0 Å². The van der Waals surface area contributed by atoms with Crippen LogP contribution in [0.5, 0.6) is 0 Å². The van der Waals surface area contributed by atoms with Crippen LogP contribution in [0.25, 0.3) is 0 Å². The van der Waals surface area contributed by atoms with Gasteiger partial charge in [0.25, 0.3) is 0 Å². The molecule has 1 heterocycles. The Morgan fingerprint density at radius 1 is 1.44 bits per heavy atom. The van der Waals surface area contributed by atoms with E-state index >= 15 is 0 Å².